The van der Waals surface area contributed by atoms with Gasteiger partial charge in [-0.05, 0) is 27.2 Å². The molecule has 0 saturated carbocycles. The Balaban J connectivity index is 2.45. The molecule has 2 N–H and O–H groups in total. The Kier molecular flexibility index (Phi) is 6.49. The molecule has 0 aliphatic heterocycles. The highest BCUT2D eigenvalue weighted by molar-refractivity contribution is 5.67. The molecule has 0 atom stereocenters. The van der Waals surface area contributed by atoms with Gasteiger partial charge in [0.25, 0.3) is 5.88 Å². The van der Waals surface area contributed by atoms with Gasteiger partial charge in [-0.25, -0.2) is 9.78 Å². The Bertz CT molecular complexity index is 558. The highest BCUT2D eigenvalue weighted by Gasteiger charge is 2.23. The minimum Gasteiger partial charge on any atom is -0.476 e. The van der Waals surface area contributed by atoms with E-state index in [9.17, 15) is 14.9 Å². The van der Waals surface area contributed by atoms with Crippen LogP contribution in [0.2, 0.25) is 0 Å². The fourth-order valence-corrected chi connectivity index (χ4v) is 1.61. The molecule has 23 heavy (non-hydrogen) atoms. The summed E-state index contributed by atoms with van der Waals surface area (Å²) in [6.07, 6.45) is 1.20. The lowest BCUT2D eigenvalue weighted by Gasteiger charge is -2.19. The first kappa shape index (κ1) is 18.4. The topological polar surface area (TPSA) is 129 Å². The summed E-state index contributed by atoms with van der Waals surface area (Å²) in [6, 6.07) is 0. The smallest absolute Gasteiger partial charge is 0.407 e. The molecule has 0 aliphatic rings. The van der Waals surface area contributed by atoms with Crippen LogP contribution in [-0.2, 0) is 4.74 Å². The highest BCUT2D eigenvalue weighted by Crippen LogP contribution is 2.30. The lowest BCUT2D eigenvalue weighted by molar-refractivity contribution is -0.385. The lowest BCUT2D eigenvalue weighted by atomic mass is 10.2. The van der Waals surface area contributed by atoms with Gasteiger partial charge in [0.2, 0.25) is 5.82 Å². The number of hydrogen-bond acceptors (Lipinski definition) is 8. The van der Waals surface area contributed by atoms with Crippen LogP contribution in [0, 0.1) is 10.1 Å². The molecular weight excluding hydrogens is 306 g/mol. The van der Waals surface area contributed by atoms with E-state index in [2.05, 4.69) is 20.6 Å². The standard InChI is InChI=1S/C13H21N5O5/c1-13(2,3)23-12(19)15-7-5-6-14-10-9(18(20)21)11(22-4)17-8-16-10/h8H,5-7H2,1-4H3,(H,15,19)(H,14,16,17). The van der Waals surface area contributed by atoms with E-state index in [0.29, 0.717) is 19.5 Å². The SMILES string of the molecule is COc1ncnc(NCCCNC(=O)OC(C)(C)C)c1[N+](=O)[O-]. The van der Waals surface area contributed by atoms with Crippen LogP contribution in [0.25, 0.3) is 0 Å². The molecule has 0 fully saturated rings. The van der Waals surface area contributed by atoms with Crippen molar-refractivity contribution < 1.29 is 19.2 Å². The monoisotopic (exact) mass is 327 g/mol. The van der Waals surface area contributed by atoms with Crippen LogP contribution < -0.4 is 15.4 Å². The van der Waals surface area contributed by atoms with Gasteiger partial charge in [-0.1, -0.05) is 0 Å². The van der Waals surface area contributed by atoms with Crippen molar-refractivity contribution in [3.05, 3.63) is 16.4 Å². The number of aromatic nitrogens is 2. The molecule has 0 aliphatic carbocycles. The Morgan fingerprint density at radius 2 is 2.04 bits per heavy atom. The van der Waals surface area contributed by atoms with Crippen molar-refractivity contribution in [2.24, 2.45) is 0 Å². The third-order valence-electron chi connectivity index (χ3n) is 2.48. The molecule has 1 aromatic heterocycles. The number of carbonyl (C=O) groups excluding carboxylic acids is 1. The van der Waals surface area contributed by atoms with Gasteiger partial charge in [0.05, 0.1) is 12.0 Å². The molecule has 0 aromatic carbocycles. The van der Waals surface area contributed by atoms with Crippen molar-refractivity contribution in [1.82, 2.24) is 15.3 Å². The molecule has 10 nitrogen and oxygen atoms in total. The first-order valence-corrected chi connectivity index (χ1v) is 6.98. The van der Waals surface area contributed by atoms with E-state index < -0.39 is 16.6 Å². The molecular formula is C13H21N5O5. The second kappa shape index (κ2) is 8.11. The molecule has 1 heterocycles. The quantitative estimate of drug-likeness (QED) is 0.440. The van der Waals surface area contributed by atoms with E-state index in [1.54, 1.807) is 20.8 Å². The molecule has 0 saturated heterocycles. The van der Waals surface area contributed by atoms with Gasteiger partial charge in [-0.15, -0.1) is 0 Å². The number of anilines is 1. The zero-order valence-electron chi connectivity index (χ0n) is 13.6. The van der Waals surface area contributed by atoms with Crippen molar-refractivity contribution >= 4 is 17.6 Å². The van der Waals surface area contributed by atoms with Crippen molar-refractivity contribution in [3.63, 3.8) is 0 Å². The Morgan fingerprint density at radius 1 is 1.35 bits per heavy atom. The molecule has 0 radical (unpaired) electrons. The van der Waals surface area contributed by atoms with Gasteiger partial charge >= 0.3 is 11.8 Å². The van der Waals surface area contributed by atoms with E-state index in [1.165, 1.54) is 13.4 Å². The second-order valence-electron chi connectivity index (χ2n) is 5.55. The predicted molar refractivity (Wildman–Crippen MR) is 82.6 cm³/mol. The van der Waals surface area contributed by atoms with E-state index in [-0.39, 0.29) is 17.4 Å². The van der Waals surface area contributed by atoms with Crippen molar-refractivity contribution in [3.8, 4) is 5.88 Å². The summed E-state index contributed by atoms with van der Waals surface area (Å²) in [7, 11) is 1.30. The first-order chi connectivity index (χ1) is 10.7. The third-order valence-corrected chi connectivity index (χ3v) is 2.48. The maximum Gasteiger partial charge on any atom is 0.407 e. The fourth-order valence-electron chi connectivity index (χ4n) is 1.61. The van der Waals surface area contributed by atoms with Gasteiger partial charge < -0.3 is 20.1 Å². The summed E-state index contributed by atoms with van der Waals surface area (Å²) in [4.78, 5) is 29.4. The minimum absolute atomic E-state index is 0.0686. The van der Waals surface area contributed by atoms with Crippen molar-refractivity contribution in [2.45, 2.75) is 32.8 Å². The summed E-state index contributed by atoms with van der Waals surface area (Å²) < 4.78 is 9.93. The number of methoxy groups -OCH3 is 1. The molecule has 1 rings (SSSR count). The molecule has 1 aromatic rings. The van der Waals surface area contributed by atoms with Crippen LogP contribution in [0.3, 0.4) is 0 Å². The third kappa shape index (κ3) is 6.32. The Hall–Kier alpha value is -2.65. The number of carbonyl (C=O) groups is 1. The average Bonchev–Trinajstić information content (AvgIpc) is 2.44. The van der Waals surface area contributed by atoms with E-state index in [0.717, 1.165) is 0 Å². The average molecular weight is 327 g/mol. The summed E-state index contributed by atoms with van der Waals surface area (Å²) in [5, 5.41) is 16.5. The van der Waals surface area contributed by atoms with E-state index in [1.807, 2.05) is 0 Å². The van der Waals surface area contributed by atoms with Gasteiger partial charge in [0.15, 0.2) is 0 Å². The second-order valence-corrected chi connectivity index (χ2v) is 5.55. The normalized spacial score (nSPS) is 10.8. The number of nitrogens with one attached hydrogen (secondary N) is 2. The van der Waals surface area contributed by atoms with Crippen LogP contribution >= 0.6 is 0 Å². The molecule has 10 heteroatoms. The maximum absolute atomic E-state index is 11.4. The van der Waals surface area contributed by atoms with Crippen LogP contribution in [0.5, 0.6) is 5.88 Å². The minimum atomic E-state index is -0.611. The van der Waals surface area contributed by atoms with Gasteiger partial charge in [-0.3, -0.25) is 10.1 Å². The number of amides is 1. The van der Waals surface area contributed by atoms with Crippen LogP contribution in [-0.4, -0.2) is 46.8 Å². The molecule has 0 spiro atoms. The highest BCUT2D eigenvalue weighted by atomic mass is 16.6. The number of ether oxygens (including phenoxy) is 2. The maximum atomic E-state index is 11.4. The molecule has 128 valence electrons. The predicted octanol–water partition coefficient (Wildman–Crippen LogP) is 1.72. The van der Waals surface area contributed by atoms with Crippen molar-refractivity contribution in [2.75, 3.05) is 25.5 Å². The van der Waals surface area contributed by atoms with Crippen LogP contribution in [0.1, 0.15) is 27.2 Å². The molecule has 0 bridgehead atoms. The van der Waals surface area contributed by atoms with Crippen molar-refractivity contribution in [1.29, 1.82) is 0 Å². The van der Waals surface area contributed by atoms with E-state index in [4.69, 9.17) is 9.47 Å². The molecule has 1 amide bonds. The Morgan fingerprint density at radius 3 is 2.61 bits per heavy atom. The summed E-state index contributed by atoms with van der Waals surface area (Å²) in [5.41, 5.74) is -0.879. The number of rotatable bonds is 7. The number of hydrogen-bond donors (Lipinski definition) is 2. The van der Waals surface area contributed by atoms with Crippen LogP contribution in [0.15, 0.2) is 6.33 Å². The summed E-state index contributed by atoms with van der Waals surface area (Å²) in [6.45, 7) is 6.05. The Labute approximate surface area is 133 Å². The van der Waals surface area contributed by atoms with Gasteiger partial charge in [0, 0.05) is 13.1 Å². The summed E-state index contributed by atoms with van der Waals surface area (Å²) in [5.74, 6) is -0.0431. The lowest BCUT2D eigenvalue weighted by Crippen LogP contribution is -2.33. The number of nitro groups is 1. The fraction of sp³-hybridized carbons (Fsp3) is 0.615. The molecule has 0 unspecified atom stereocenters. The first-order valence-electron chi connectivity index (χ1n) is 6.98. The van der Waals surface area contributed by atoms with Gasteiger partial charge in [-0.2, -0.15) is 4.98 Å². The number of nitrogens with zero attached hydrogens (tertiary/aromatic N) is 3. The van der Waals surface area contributed by atoms with E-state index >= 15 is 0 Å². The largest absolute Gasteiger partial charge is 0.476 e. The number of alkyl carbamates (subject to hydrolysis) is 1. The zero-order valence-corrected chi connectivity index (χ0v) is 13.6. The zero-order chi connectivity index (χ0) is 17.5. The summed E-state index contributed by atoms with van der Waals surface area (Å²) >= 11 is 0. The van der Waals surface area contributed by atoms with Gasteiger partial charge in [0.1, 0.15) is 11.9 Å². The van der Waals surface area contributed by atoms with Crippen LogP contribution in [0.4, 0.5) is 16.3 Å².